The van der Waals surface area contributed by atoms with Gasteiger partial charge in [-0.3, -0.25) is 14.4 Å². The molecule has 0 aliphatic rings. The zero-order valence-corrected chi connectivity index (χ0v) is 40.5. The number of hydrogen-bond acceptors (Lipinski definition) is 6. The summed E-state index contributed by atoms with van der Waals surface area (Å²) in [4.78, 5) is 37.9. The maximum atomic E-state index is 12.7. The number of ether oxygens (including phenoxy) is 3. The third kappa shape index (κ3) is 48.3. The molecule has 356 valence electrons. The summed E-state index contributed by atoms with van der Waals surface area (Å²) < 4.78 is 16.6. The molecule has 0 bridgehead atoms. The van der Waals surface area contributed by atoms with Gasteiger partial charge in [-0.2, -0.15) is 0 Å². The van der Waals surface area contributed by atoms with Crippen LogP contribution in [0.5, 0.6) is 0 Å². The molecule has 0 saturated heterocycles. The lowest BCUT2D eigenvalue weighted by molar-refractivity contribution is -0.166. The fourth-order valence-electron chi connectivity index (χ4n) is 5.97. The molecule has 0 aliphatic heterocycles. The Balaban J connectivity index is 4.57. The van der Waals surface area contributed by atoms with E-state index >= 15 is 0 Å². The van der Waals surface area contributed by atoms with Gasteiger partial charge in [0.1, 0.15) is 13.2 Å². The first-order valence-electron chi connectivity index (χ1n) is 24.8. The standard InChI is InChI=1S/C58H88O6/c1-4-7-10-13-16-19-22-24-26-28-29-30-32-33-36-39-42-45-48-51-57(60)63-54-55(53-62-56(59)50-47-44-41-38-35-21-18-15-12-9-6-3)64-58(61)52-49-46-43-40-37-34-31-27-25-23-20-17-14-11-8-5-2/h7-12,16-21,24-27,29-30,34,37-38,41,43,46,55H,4-6,13-15,22-23,28,31-33,35-36,39-40,42,44-45,47-54H2,1-3H3/b10-7-,11-8-,12-9-,19-16-,20-17-,21-18-,26-24-,27-25-,30-29-,37-34-,41-38-,46-43-. The summed E-state index contributed by atoms with van der Waals surface area (Å²) in [7, 11) is 0. The molecule has 0 spiro atoms. The van der Waals surface area contributed by atoms with E-state index < -0.39 is 12.1 Å². The summed E-state index contributed by atoms with van der Waals surface area (Å²) in [5, 5.41) is 0. The van der Waals surface area contributed by atoms with Gasteiger partial charge in [0.05, 0.1) is 0 Å². The monoisotopic (exact) mass is 881 g/mol. The summed E-state index contributed by atoms with van der Waals surface area (Å²) in [6.45, 7) is 6.13. The predicted molar refractivity (Wildman–Crippen MR) is 274 cm³/mol. The molecule has 0 rings (SSSR count). The molecule has 0 aromatic carbocycles. The van der Waals surface area contributed by atoms with Crippen molar-refractivity contribution in [2.24, 2.45) is 0 Å². The Morgan fingerprint density at radius 3 is 1.00 bits per heavy atom. The molecule has 0 saturated carbocycles. The van der Waals surface area contributed by atoms with Crippen LogP contribution in [-0.2, 0) is 28.6 Å². The van der Waals surface area contributed by atoms with Crippen LogP contribution < -0.4 is 0 Å². The zero-order chi connectivity index (χ0) is 46.5. The van der Waals surface area contributed by atoms with E-state index in [9.17, 15) is 14.4 Å². The van der Waals surface area contributed by atoms with E-state index in [-0.39, 0.29) is 38.0 Å². The van der Waals surface area contributed by atoms with Gasteiger partial charge in [0.15, 0.2) is 6.10 Å². The normalized spacial score (nSPS) is 13.4. The van der Waals surface area contributed by atoms with Crippen LogP contribution in [0.25, 0.3) is 0 Å². The Kier molecular flexibility index (Phi) is 47.2. The molecule has 0 N–H and O–H groups in total. The number of esters is 3. The molecule has 0 heterocycles. The summed E-state index contributed by atoms with van der Waals surface area (Å²) >= 11 is 0. The lowest BCUT2D eigenvalue weighted by atomic mass is 10.1. The van der Waals surface area contributed by atoms with Crippen LogP contribution in [0.3, 0.4) is 0 Å². The maximum Gasteiger partial charge on any atom is 0.306 e. The molecule has 1 unspecified atom stereocenters. The highest BCUT2D eigenvalue weighted by Crippen LogP contribution is 2.11. The number of carbonyl (C=O) groups is 3. The van der Waals surface area contributed by atoms with Crippen molar-refractivity contribution in [2.75, 3.05) is 13.2 Å². The van der Waals surface area contributed by atoms with Crippen molar-refractivity contribution in [1.82, 2.24) is 0 Å². The van der Waals surface area contributed by atoms with Gasteiger partial charge in [-0.15, -0.1) is 0 Å². The molecule has 0 aromatic heterocycles. The number of hydrogen-bond donors (Lipinski definition) is 0. The van der Waals surface area contributed by atoms with Crippen molar-refractivity contribution >= 4 is 17.9 Å². The topological polar surface area (TPSA) is 78.9 Å². The van der Waals surface area contributed by atoms with Crippen LogP contribution >= 0.6 is 0 Å². The molecule has 0 aliphatic carbocycles. The molecule has 64 heavy (non-hydrogen) atoms. The van der Waals surface area contributed by atoms with Gasteiger partial charge in [-0.25, -0.2) is 0 Å². The first kappa shape index (κ1) is 59.3. The van der Waals surface area contributed by atoms with Crippen molar-refractivity contribution in [3.05, 3.63) is 146 Å². The van der Waals surface area contributed by atoms with Crippen molar-refractivity contribution in [3.63, 3.8) is 0 Å². The van der Waals surface area contributed by atoms with Gasteiger partial charge in [0.25, 0.3) is 0 Å². The van der Waals surface area contributed by atoms with Gasteiger partial charge < -0.3 is 14.2 Å². The number of carbonyl (C=O) groups excluding carboxylic acids is 3. The van der Waals surface area contributed by atoms with Gasteiger partial charge in [0, 0.05) is 19.3 Å². The molecule has 0 amide bonds. The van der Waals surface area contributed by atoms with Crippen LogP contribution in [-0.4, -0.2) is 37.2 Å². The number of unbranched alkanes of at least 4 members (excludes halogenated alkanes) is 7. The molecular weight excluding hydrogens is 793 g/mol. The number of allylic oxidation sites excluding steroid dienone is 24. The molecule has 0 fully saturated rings. The molecule has 6 nitrogen and oxygen atoms in total. The third-order valence-corrected chi connectivity index (χ3v) is 9.58. The summed E-state index contributed by atoms with van der Waals surface area (Å²) in [6, 6.07) is 0. The molecule has 6 heteroatoms. The van der Waals surface area contributed by atoms with Crippen molar-refractivity contribution < 1.29 is 28.6 Å². The Hall–Kier alpha value is -4.71. The highest BCUT2D eigenvalue weighted by atomic mass is 16.6. The highest BCUT2D eigenvalue weighted by Gasteiger charge is 2.19. The molecule has 1 atom stereocenters. The van der Waals surface area contributed by atoms with Gasteiger partial charge in [-0.05, 0) is 116 Å². The quantitative estimate of drug-likeness (QED) is 0.0263. The second kappa shape index (κ2) is 50.9. The Morgan fingerprint density at radius 2 is 0.609 bits per heavy atom. The van der Waals surface area contributed by atoms with Gasteiger partial charge in [0.2, 0.25) is 0 Å². The minimum atomic E-state index is -0.849. The third-order valence-electron chi connectivity index (χ3n) is 9.58. The summed E-state index contributed by atoms with van der Waals surface area (Å²) in [5.41, 5.74) is 0. The lowest BCUT2D eigenvalue weighted by Crippen LogP contribution is -2.30. The average molecular weight is 881 g/mol. The van der Waals surface area contributed by atoms with Crippen LogP contribution in [0.1, 0.15) is 181 Å². The molecule has 0 aromatic rings. The van der Waals surface area contributed by atoms with Gasteiger partial charge in [-0.1, -0.05) is 192 Å². The largest absolute Gasteiger partial charge is 0.462 e. The minimum absolute atomic E-state index is 0.138. The van der Waals surface area contributed by atoms with E-state index in [1.54, 1.807) is 0 Å². The lowest BCUT2D eigenvalue weighted by Gasteiger charge is -2.18. The summed E-state index contributed by atoms with van der Waals surface area (Å²) in [6.07, 6.45) is 72.8. The zero-order valence-electron chi connectivity index (χ0n) is 40.5. The van der Waals surface area contributed by atoms with E-state index in [1.165, 1.54) is 12.8 Å². The van der Waals surface area contributed by atoms with E-state index in [2.05, 4.69) is 154 Å². The second-order valence-electron chi connectivity index (χ2n) is 15.6. The van der Waals surface area contributed by atoms with Crippen molar-refractivity contribution in [1.29, 1.82) is 0 Å². The van der Waals surface area contributed by atoms with Crippen LogP contribution in [0, 0.1) is 0 Å². The smallest absolute Gasteiger partial charge is 0.306 e. The fraction of sp³-hybridized carbons (Fsp3) is 0.534. The minimum Gasteiger partial charge on any atom is -0.462 e. The van der Waals surface area contributed by atoms with Crippen molar-refractivity contribution in [2.45, 2.75) is 187 Å². The number of rotatable bonds is 42. The van der Waals surface area contributed by atoms with Crippen LogP contribution in [0.15, 0.2) is 146 Å². The van der Waals surface area contributed by atoms with Crippen LogP contribution in [0.2, 0.25) is 0 Å². The first-order chi connectivity index (χ1) is 31.5. The van der Waals surface area contributed by atoms with Crippen molar-refractivity contribution in [3.8, 4) is 0 Å². The Bertz CT molecular complexity index is 1480. The highest BCUT2D eigenvalue weighted by molar-refractivity contribution is 5.71. The Labute approximate surface area is 391 Å². The fourth-order valence-corrected chi connectivity index (χ4v) is 5.97. The Morgan fingerprint density at radius 1 is 0.312 bits per heavy atom. The van der Waals surface area contributed by atoms with E-state index in [4.69, 9.17) is 14.2 Å². The molecular formula is C58H88O6. The average Bonchev–Trinajstić information content (AvgIpc) is 3.29. The SMILES string of the molecule is CC/C=C\C/C=C\C/C=C\C/C=C\C/C=C\CCC(=O)OC(COC(=O)CCC/C=C\C/C=C\C/C=C\CC)COC(=O)CCCCCCCC/C=C\C/C=C\C/C=C\C/C=C\CC. The predicted octanol–water partition coefficient (Wildman–Crippen LogP) is 16.5. The van der Waals surface area contributed by atoms with E-state index in [0.29, 0.717) is 19.3 Å². The van der Waals surface area contributed by atoms with Gasteiger partial charge >= 0.3 is 17.9 Å². The second-order valence-corrected chi connectivity index (χ2v) is 15.6. The summed E-state index contributed by atoms with van der Waals surface area (Å²) in [5.74, 6) is -1.11. The first-order valence-corrected chi connectivity index (χ1v) is 24.8. The van der Waals surface area contributed by atoms with Crippen LogP contribution in [0.4, 0.5) is 0 Å². The maximum absolute atomic E-state index is 12.7. The van der Waals surface area contributed by atoms with E-state index in [0.717, 1.165) is 116 Å². The van der Waals surface area contributed by atoms with E-state index in [1.807, 2.05) is 12.2 Å². The molecule has 0 radical (unpaired) electrons.